The first-order valence-corrected chi connectivity index (χ1v) is 5.56. The van der Waals surface area contributed by atoms with Crippen LogP contribution in [0.2, 0.25) is 0 Å². The fourth-order valence-corrected chi connectivity index (χ4v) is 1.35. The first kappa shape index (κ1) is 12.9. The third kappa shape index (κ3) is 3.79. The third-order valence-electron chi connectivity index (χ3n) is 2.26. The molecule has 1 rings (SSSR count). The van der Waals surface area contributed by atoms with Crippen LogP contribution < -0.4 is 0 Å². The summed E-state index contributed by atoms with van der Waals surface area (Å²) in [5.74, 6) is -0.0286. The molecule has 88 valence electrons. The zero-order chi connectivity index (χ0) is 12.0. The van der Waals surface area contributed by atoms with Crippen LogP contribution in [0.15, 0.2) is 30.3 Å². The summed E-state index contributed by atoms with van der Waals surface area (Å²) in [6, 6.07) is 9.79. The molecule has 0 saturated carbocycles. The highest BCUT2D eigenvalue weighted by atomic mass is 32.1. The van der Waals surface area contributed by atoms with Crippen molar-refractivity contribution in [3.05, 3.63) is 35.9 Å². The van der Waals surface area contributed by atoms with Gasteiger partial charge >= 0.3 is 0 Å². The first-order chi connectivity index (χ1) is 7.65. The number of aliphatic hydroxyl groups is 1. The van der Waals surface area contributed by atoms with E-state index in [1.807, 2.05) is 44.4 Å². The molecule has 0 fully saturated rings. The Morgan fingerprint density at radius 1 is 1.38 bits per heavy atom. The fraction of sp³-hybridized carbons (Fsp3) is 0.417. The number of ether oxygens (including phenoxy) is 1. The molecular weight excluding hydrogens is 222 g/mol. The van der Waals surface area contributed by atoms with Crippen molar-refractivity contribution in [1.29, 1.82) is 0 Å². The summed E-state index contributed by atoms with van der Waals surface area (Å²) in [5, 5.41) is 9.73. The summed E-state index contributed by atoms with van der Waals surface area (Å²) in [6.45, 7) is 0.456. The Morgan fingerprint density at radius 3 is 2.50 bits per heavy atom. The number of hydrogen-bond acceptors (Lipinski definition) is 3. The van der Waals surface area contributed by atoms with E-state index >= 15 is 0 Å². The van der Waals surface area contributed by atoms with E-state index in [4.69, 9.17) is 17.0 Å². The maximum atomic E-state index is 9.29. The second kappa shape index (κ2) is 6.45. The number of aliphatic hydroxyl groups excluding tert-OH is 1. The van der Waals surface area contributed by atoms with Crippen molar-refractivity contribution in [2.75, 3.05) is 27.3 Å². The van der Waals surface area contributed by atoms with E-state index in [2.05, 4.69) is 0 Å². The first-order valence-electron chi connectivity index (χ1n) is 5.15. The highest BCUT2D eigenvalue weighted by molar-refractivity contribution is 7.80. The van der Waals surface area contributed by atoms with Crippen molar-refractivity contribution in [3.8, 4) is 0 Å². The second-order valence-corrected chi connectivity index (χ2v) is 4.11. The SMILES string of the molecule is CN(C)C(=S)OCC(CO)c1ccccc1. The Hall–Kier alpha value is -1.13. The van der Waals surface area contributed by atoms with Crippen LogP contribution in [0.3, 0.4) is 0 Å². The molecule has 0 aliphatic carbocycles. The van der Waals surface area contributed by atoms with E-state index in [0.29, 0.717) is 11.8 Å². The molecule has 1 atom stereocenters. The average Bonchev–Trinajstić information content (AvgIpc) is 2.30. The molecule has 0 aliphatic heterocycles. The predicted molar refractivity (Wildman–Crippen MR) is 68.5 cm³/mol. The third-order valence-corrected chi connectivity index (χ3v) is 2.75. The number of nitrogens with zero attached hydrogens (tertiary/aromatic N) is 1. The lowest BCUT2D eigenvalue weighted by Gasteiger charge is -2.19. The van der Waals surface area contributed by atoms with Gasteiger partial charge in [-0.25, -0.2) is 0 Å². The summed E-state index contributed by atoms with van der Waals surface area (Å²) < 4.78 is 5.41. The van der Waals surface area contributed by atoms with Crippen molar-refractivity contribution >= 4 is 17.4 Å². The van der Waals surface area contributed by atoms with Crippen LogP contribution >= 0.6 is 12.2 Å². The molecule has 0 spiro atoms. The highest BCUT2D eigenvalue weighted by Crippen LogP contribution is 2.15. The normalized spacial score (nSPS) is 11.9. The molecule has 1 aromatic rings. The maximum Gasteiger partial charge on any atom is 0.258 e. The fourth-order valence-electron chi connectivity index (χ4n) is 1.28. The minimum atomic E-state index is -0.0286. The monoisotopic (exact) mass is 239 g/mol. The van der Waals surface area contributed by atoms with Gasteiger partial charge in [0.05, 0.1) is 13.2 Å². The van der Waals surface area contributed by atoms with Crippen LogP contribution in [0.4, 0.5) is 0 Å². The molecule has 0 saturated heterocycles. The molecule has 0 radical (unpaired) electrons. The summed E-state index contributed by atoms with van der Waals surface area (Å²) in [4.78, 5) is 1.73. The Labute approximate surface area is 102 Å². The zero-order valence-corrected chi connectivity index (χ0v) is 10.4. The molecule has 1 unspecified atom stereocenters. The van der Waals surface area contributed by atoms with E-state index in [1.165, 1.54) is 0 Å². The largest absolute Gasteiger partial charge is 0.470 e. The van der Waals surface area contributed by atoms with Crippen LogP contribution in [0.1, 0.15) is 11.5 Å². The Balaban J connectivity index is 2.54. The van der Waals surface area contributed by atoms with Crippen molar-refractivity contribution < 1.29 is 9.84 Å². The molecule has 0 aliphatic rings. The molecule has 16 heavy (non-hydrogen) atoms. The molecule has 0 amide bonds. The number of hydrogen-bond donors (Lipinski definition) is 1. The number of thiocarbonyl (C=S) groups is 1. The second-order valence-electron chi connectivity index (χ2n) is 3.76. The minimum Gasteiger partial charge on any atom is -0.470 e. The minimum absolute atomic E-state index is 0.0286. The van der Waals surface area contributed by atoms with Crippen LogP contribution in [0.5, 0.6) is 0 Å². The smallest absolute Gasteiger partial charge is 0.258 e. The maximum absolute atomic E-state index is 9.29. The van der Waals surface area contributed by atoms with Gasteiger partial charge in [0, 0.05) is 20.0 Å². The Morgan fingerprint density at radius 2 is 2.00 bits per heavy atom. The van der Waals surface area contributed by atoms with E-state index in [9.17, 15) is 5.11 Å². The van der Waals surface area contributed by atoms with Gasteiger partial charge in [0.1, 0.15) is 0 Å². The molecule has 1 aromatic carbocycles. The molecule has 0 bridgehead atoms. The topological polar surface area (TPSA) is 32.7 Å². The van der Waals surface area contributed by atoms with E-state index in [1.54, 1.807) is 4.90 Å². The standard InChI is InChI=1S/C12H17NO2S/c1-13(2)12(16)15-9-11(8-14)10-6-4-3-5-7-10/h3-7,11,14H,8-9H2,1-2H3. The van der Waals surface area contributed by atoms with Crippen molar-refractivity contribution in [2.45, 2.75) is 5.92 Å². The summed E-state index contributed by atoms with van der Waals surface area (Å²) in [7, 11) is 3.66. The Bertz CT molecular complexity index is 327. The quantitative estimate of drug-likeness (QED) is 0.809. The van der Waals surface area contributed by atoms with Crippen molar-refractivity contribution in [1.82, 2.24) is 4.90 Å². The van der Waals surface area contributed by atoms with E-state index < -0.39 is 0 Å². The molecule has 3 nitrogen and oxygen atoms in total. The van der Waals surface area contributed by atoms with Crippen LogP contribution in [0, 0.1) is 0 Å². The van der Waals surface area contributed by atoms with Crippen LogP contribution in [0.25, 0.3) is 0 Å². The molecule has 1 N–H and O–H groups in total. The van der Waals surface area contributed by atoms with Gasteiger partial charge in [-0.2, -0.15) is 0 Å². The molecule has 0 heterocycles. The van der Waals surface area contributed by atoms with E-state index in [-0.39, 0.29) is 12.5 Å². The highest BCUT2D eigenvalue weighted by Gasteiger charge is 2.12. The van der Waals surface area contributed by atoms with Gasteiger partial charge in [0.15, 0.2) is 0 Å². The molecule has 4 heteroatoms. The lowest BCUT2D eigenvalue weighted by molar-refractivity contribution is 0.187. The van der Waals surface area contributed by atoms with Gasteiger partial charge in [0.2, 0.25) is 0 Å². The van der Waals surface area contributed by atoms with Crippen molar-refractivity contribution in [2.24, 2.45) is 0 Å². The van der Waals surface area contributed by atoms with Crippen LogP contribution in [-0.2, 0) is 4.74 Å². The van der Waals surface area contributed by atoms with Crippen LogP contribution in [-0.4, -0.2) is 42.5 Å². The average molecular weight is 239 g/mol. The van der Waals surface area contributed by atoms with Gasteiger partial charge in [-0.05, 0) is 17.8 Å². The van der Waals surface area contributed by atoms with E-state index in [0.717, 1.165) is 5.56 Å². The molecular formula is C12H17NO2S. The van der Waals surface area contributed by atoms with Gasteiger partial charge in [-0.3, -0.25) is 0 Å². The van der Waals surface area contributed by atoms with Gasteiger partial charge in [-0.1, -0.05) is 30.3 Å². The van der Waals surface area contributed by atoms with Crippen molar-refractivity contribution in [3.63, 3.8) is 0 Å². The number of benzene rings is 1. The zero-order valence-electron chi connectivity index (χ0n) is 9.59. The molecule has 0 aromatic heterocycles. The lowest BCUT2D eigenvalue weighted by Crippen LogP contribution is -2.25. The summed E-state index contributed by atoms with van der Waals surface area (Å²) >= 11 is 5.02. The lowest BCUT2D eigenvalue weighted by atomic mass is 10.0. The van der Waals surface area contributed by atoms with Gasteiger partial charge in [-0.15, -0.1) is 0 Å². The predicted octanol–water partition coefficient (Wildman–Crippen LogP) is 1.63. The van der Waals surface area contributed by atoms with Gasteiger partial charge in [0.25, 0.3) is 5.17 Å². The van der Waals surface area contributed by atoms with Gasteiger partial charge < -0.3 is 14.7 Å². The Kier molecular flexibility index (Phi) is 5.22. The number of rotatable bonds is 4. The summed E-state index contributed by atoms with van der Waals surface area (Å²) in [5.41, 5.74) is 1.06. The summed E-state index contributed by atoms with van der Waals surface area (Å²) in [6.07, 6.45) is 0.